The zero-order chi connectivity index (χ0) is 13.5. The number of hydrogen-bond donors (Lipinski definition) is 1. The summed E-state index contributed by atoms with van der Waals surface area (Å²) < 4.78 is 4.65. The van der Waals surface area contributed by atoms with Crippen LogP contribution in [0.15, 0.2) is 24.3 Å². The summed E-state index contributed by atoms with van der Waals surface area (Å²) in [6.07, 6.45) is 3.61. The number of Topliss-reactive ketones (excluding diaryl/α,β-unsaturated/α-hetero) is 1. The third-order valence-corrected chi connectivity index (χ3v) is 4.65. The number of thioether (sulfide) groups is 2. The Morgan fingerprint density at radius 2 is 1.72 bits per heavy atom. The van der Waals surface area contributed by atoms with E-state index in [4.69, 9.17) is 4.74 Å². The highest BCUT2D eigenvalue weighted by atomic mass is 32.2. The molecule has 0 radical (unpaired) electrons. The molecule has 0 aliphatic heterocycles. The van der Waals surface area contributed by atoms with Crippen molar-refractivity contribution in [1.29, 1.82) is 0 Å². The quantitative estimate of drug-likeness (QED) is 0.642. The third kappa shape index (κ3) is 3.96. The van der Waals surface area contributed by atoms with E-state index >= 15 is 0 Å². The molecule has 0 aliphatic carbocycles. The van der Waals surface area contributed by atoms with Gasteiger partial charge in [-0.25, -0.2) is 0 Å². The summed E-state index contributed by atoms with van der Waals surface area (Å²) in [5, 5.41) is 2.57. The number of benzene rings is 1. The minimum Gasteiger partial charge on any atom is -0.497 e. The molecule has 0 bridgehead atoms. The minimum absolute atomic E-state index is 0.358. The van der Waals surface area contributed by atoms with E-state index in [2.05, 4.69) is 5.32 Å². The lowest BCUT2D eigenvalue weighted by molar-refractivity contribution is -0.133. The topological polar surface area (TPSA) is 55.4 Å². The molecular weight excluding hydrogens is 270 g/mol. The van der Waals surface area contributed by atoms with Gasteiger partial charge in [0.2, 0.25) is 5.78 Å². The van der Waals surface area contributed by atoms with Crippen LogP contribution < -0.4 is 10.1 Å². The van der Waals surface area contributed by atoms with Crippen LogP contribution in [-0.2, 0) is 9.59 Å². The second kappa shape index (κ2) is 7.33. The van der Waals surface area contributed by atoms with Crippen molar-refractivity contribution in [1.82, 2.24) is 0 Å². The van der Waals surface area contributed by atoms with Gasteiger partial charge < -0.3 is 10.1 Å². The average molecular weight is 285 g/mol. The summed E-state index contributed by atoms with van der Waals surface area (Å²) in [7, 11) is 1.57. The number of hydrogen-bond acceptors (Lipinski definition) is 5. The molecule has 1 rings (SSSR count). The lowest BCUT2D eigenvalue weighted by Gasteiger charge is -2.10. The Bertz CT molecular complexity index is 416. The van der Waals surface area contributed by atoms with E-state index in [1.807, 2.05) is 0 Å². The fourth-order valence-corrected chi connectivity index (χ4v) is 2.70. The van der Waals surface area contributed by atoms with Gasteiger partial charge in [-0.15, -0.1) is 23.5 Å². The first-order valence-corrected chi connectivity index (χ1v) is 7.74. The number of anilines is 1. The fraction of sp³-hybridized carbons (Fsp3) is 0.333. The van der Waals surface area contributed by atoms with Crippen LogP contribution in [0, 0.1) is 0 Å². The highest BCUT2D eigenvalue weighted by Gasteiger charge is 2.23. The molecule has 0 saturated heterocycles. The minimum atomic E-state index is -0.589. The number of rotatable bonds is 6. The van der Waals surface area contributed by atoms with Crippen LogP contribution in [0.5, 0.6) is 5.75 Å². The smallest absolute Gasteiger partial charge is 0.293 e. The van der Waals surface area contributed by atoms with Crippen LogP contribution in [0.2, 0.25) is 0 Å². The van der Waals surface area contributed by atoms with Crippen molar-refractivity contribution in [3.05, 3.63) is 24.3 Å². The number of ether oxygens (including phenoxy) is 1. The first-order valence-electron chi connectivity index (χ1n) is 5.17. The van der Waals surface area contributed by atoms with Crippen molar-refractivity contribution < 1.29 is 14.3 Å². The van der Waals surface area contributed by atoms with Crippen LogP contribution in [0.4, 0.5) is 5.69 Å². The van der Waals surface area contributed by atoms with Gasteiger partial charge in [0.15, 0.2) is 0 Å². The molecule has 1 aromatic rings. The Morgan fingerprint density at radius 3 is 2.17 bits per heavy atom. The molecule has 4 nitrogen and oxygen atoms in total. The summed E-state index contributed by atoms with van der Waals surface area (Å²) in [6, 6.07) is 6.83. The van der Waals surface area contributed by atoms with Crippen LogP contribution >= 0.6 is 23.5 Å². The predicted octanol–water partition coefficient (Wildman–Crippen LogP) is 2.25. The van der Waals surface area contributed by atoms with Crippen molar-refractivity contribution >= 4 is 40.9 Å². The van der Waals surface area contributed by atoms with E-state index in [1.54, 1.807) is 43.9 Å². The lowest BCUT2D eigenvalue weighted by atomic mass is 10.3. The molecule has 6 heteroatoms. The zero-order valence-electron chi connectivity index (χ0n) is 10.4. The Kier molecular flexibility index (Phi) is 6.07. The first kappa shape index (κ1) is 14.9. The normalized spacial score (nSPS) is 10.2. The summed E-state index contributed by atoms with van der Waals surface area (Å²) in [5.41, 5.74) is 0.579. The fourth-order valence-electron chi connectivity index (χ4n) is 1.28. The molecule has 0 heterocycles. The van der Waals surface area contributed by atoms with E-state index < -0.39 is 11.7 Å². The van der Waals surface area contributed by atoms with Gasteiger partial charge in [0.25, 0.3) is 5.91 Å². The lowest BCUT2D eigenvalue weighted by Crippen LogP contribution is -2.29. The molecule has 0 atom stereocenters. The molecule has 0 fully saturated rings. The molecule has 0 spiro atoms. The van der Waals surface area contributed by atoms with E-state index in [9.17, 15) is 9.59 Å². The molecule has 1 aromatic carbocycles. The Hall–Kier alpha value is -1.14. The van der Waals surface area contributed by atoms with Crippen molar-refractivity contribution in [2.75, 3.05) is 24.9 Å². The number of amides is 1. The molecule has 98 valence electrons. The average Bonchev–Trinajstić information content (AvgIpc) is 2.40. The van der Waals surface area contributed by atoms with E-state index in [1.165, 1.54) is 23.5 Å². The molecule has 0 aromatic heterocycles. The number of nitrogens with one attached hydrogen (secondary N) is 1. The number of ketones is 1. The number of carbonyl (C=O) groups excluding carboxylic acids is 2. The van der Waals surface area contributed by atoms with E-state index in [0.717, 1.165) is 0 Å². The standard InChI is InChI=1S/C12H15NO3S2/c1-16-9-6-4-8(5-7-9)13-11(15)10(14)12(17-2)18-3/h4-7,12H,1-3H3,(H,13,15). The highest BCUT2D eigenvalue weighted by Crippen LogP contribution is 2.20. The Labute approximate surface area is 115 Å². The third-order valence-electron chi connectivity index (χ3n) is 2.21. The maximum Gasteiger partial charge on any atom is 0.293 e. The van der Waals surface area contributed by atoms with E-state index in [-0.39, 0.29) is 4.58 Å². The monoisotopic (exact) mass is 285 g/mol. The molecule has 0 unspecified atom stereocenters. The maximum atomic E-state index is 11.8. The van der Waals surface area contributed by atoms with Gasteiger partial charge in [0, 0.05) is 5.69 Å². The summed E-state index contributed by atoms with van der Waals surface area (Å²) in [4.78, 5) is 23.5. The van der Waals surface area contributed by atoms with Crippen LogP contribution in [-0.4, -0.2) is 35.9 Å². The summed E-state index contributed by atoms with van der Waals surface area (Å²) in [6.45, 7) is 0. The van der Waals surface area contributed by atoms with Crippen molar-refractivity contribution in [2.45, 2.75) is 4.58 Å². The van der Waals surface area contributed by atoms with Crippen LogP contribution in [0.25, 0.3) is 0 Å². The van der Waals surface area contributed by atoms with Crippen molar-refractivity contribution in [3.63, 3.8) is 0 Å². The molecule has 18 heavy (non-hydrogen) atoms. The zero-order valence-corrected chi connectivity index (χ0v) is 12.1. The number of methoxy groups -OCH3 is 1. The maximum absolute atomic E-state index is 11.8. The second-order valence-corrected chi connectivity index (χ2v) is 5.53. The van der Waals surface area contributed by atoms with Gasteiger partial charge >= 0.3 is 0 Å². The second-order valence-electron chi connectivity index (χ2n) is 3.35. The molecule has 1 N–H and O–H groups in total. The van der Waals surface area contributed by atoms with E-state index in [0.29, 0.717) is 11.4 Å². The largest absolute Gasteiger partial charge is 0.497 e. The molecule has 0 aliphatic rings. The molecule has 0 saturated carbocycles. The Balaban J connectivity index is 2.66. The van der Waals surface area contributed by atoms with Gasteiger partial charge in [-0.3, -0.25) is 9.59 Å². The Morgan fingerprint density at radius 1 is 1.17 bits per heavy atom. The van der Waals surface area contributed by atoms with Gasteiger partial charge in [-0.05, 0) is 36.8 Å². The molecule has 1 amide bonds. The molecular formula is C12H15NO3S2. The van der Waals surface area contributed by atoms with Crippen molar-refractivity contribution in [3.8, 4) is 5.75 Å². The summed E-state index contributed by atoms with van der Waals surface area (Å²) >= 11 is 2.71. The van der Waals surface area contributed by atoms with Crippen LogP contribution in [0.1, 0.15) is 0 Å². The van der Waals surface area contributed by atoms with Crippen LogP contribution in [0.3, 0.4) is 0 Å². The van der Waals surface area contributed by atoms with Gasteiger partial charge in [0.05, 0.1) is 7.11 Å². The van der Waals surface area contributed by atoms with Gasteiger partial charge in [-0.1, -0.05) is 0 Å². The van der Waals surface area contributed by atoms with Crippen molar-refractivity contribution in [2.24, 2.45) is 0 Å². The predicted molar refractivity (Wildman–Crippen MR) is 77.4 cm³/mol. The first-order chi connectivity index (χ1) is 8.62. The highest BCUT2D eigenvalue weighted by molar-refractivity contribution is 8.17. The van der Waals surface area contributed by atoms with Gasteiger partial charge in [-0.2, -0.15) is 0 Å². The summed E-state index contributed by atoms with van der Waals surface area (Å²) in [5.74, 6) is -0.315. The van der Waals surface area contributed by atoms with Gasteiger partial charge in [0.1, 0.15) is 10.3 Å². The number of carbonyl (C=O) groups is 2. The SMILES string of the molecule is COc1ccc(NC(=O)C(=O)C(SC)SC)cc1.